The first-order chi connectivity index (χ1) is 14.3. The molecule has 0 radical (unpaired) electrons. The minimum atomic E-state index is -3.01. The summed E-state index contributed by atoms with van der Waals surface area (Å²) in [6, 6.07) is 8.19. The summed E-state index contributed by atoms with van der Waals surface area (Å²) < 4.78 is 17.5. The van der Waals surface area contributed by atoms with Crippen molar-refractivity contribution in [1.29, 1.82) is 0 Å². The predicted molar refractivity (Wildman–Crippen MR) is 127 cm³/mol. The Kier molecular flexibility index (Phi) is 10.2. The highest BCUT2D eigenvalue weighted by Gasteiger charge is 2.55. The van der Waals surface area contributed by atoms with Gasteiger partial charge < -0.3 is 13.6 Å². The van der Waals surface area contributed by atoms with Gasteiger partial charge in [-0.2, -0.15) is 0 Å². The topological polar surface area (TPSA) is 61.8 Å². The number of hydrogen-bond acceptors (Lipinski definition) is 5. The molecule has 0 bridgehead atoms. The Morgan fingerprint density at radius 3 is 2.06 bits per heavy atom. The van der Waals surface area contributed by atoms with Gasteiger partial charge >= 0.3 is 20.5 Å². The fraction of sp³-hybridized carbons (Fsp3) is 0.600. The summed E-state index contributed by atoms with van der Waals surface area (Å²) in [5.41, 5.74) is 2.21. The molecular weight excluding hydrogens is 408 g/mol. The Labute approximate surface area is 189 Å². The van der Waals surface area contributed by atoms with Crippen molar-refractivity contribution < 1.29 is 23.2 Å². The maximum absolute atomic E-state index is 13.2. The molecule has 2 unspecified atom stereocenters. The average Bonchev–Trinajstić information content (AvgIpc) is 2.68. The van der Waals surface area contributed by atoms with Gasteiger partial charge in [-0.05, 0) is 30.4 Å². The summed E-state index contributed by atoms with van der Waals surface area (Å²) in [6.07, 6.45) is 2.13. The van der Waals surface area contributed by atoms with Crippen LogP contribution in [0.3, 0.4) is 0 Å². The van der Waals surface area contributed by atoms with E-state index in [2.05, 4.69) is 32.6 Å². The molecule has 0 heterocycles. The Hall–Kier alpha value is -1.92. The second-order valence-corrected chi connectivity index (χ2v) is 14.3. The monoisotopic (exact) mass is 448 g/mol. The summed E-state index contributed by atoms with van der Waals surface area (Å²) in [4.78, 5) is 24.5. The van der Waals surface area contributed by atoms with Crippen molar-refractivity contribution in [3.8, 4) is 0 Å². The number of ether oxygens (including phenoxy) is 1. The van der Waals surface area contributed by atoms with Crippen molar-refractivity contribution in [2.24, 2.45) is 5.92 Å². The summed E-state index contributed by atoms with van der Waals surface area (Å²) in [6.45, 7) is 20.0. The van der Waals surface area contributed by atoms with Crippen molar-refractivity contribution in [2.45, 2.75) is 78.3 Å². The summed E-state index contributed by atoms with van der Waals surface area (Å²) in [7, 11) is -3.01. The largest absolute Gasteiger partial charge is 0.493 e. The molecule has 5 nitrogen and oxygen atoms in total. The highest BCUT2D eigenvalue weighted by atomic mass is 28.4. The maximum atomic E-state index is 13.2. The number of hydrogen-bond donors (Lipinski definition) is 0. The van der Waals surface area contributed by atoms with E-state index in [-0.39, 0.29) is 29.8 Å². The van der Waals surface area contributed by atoms with E-state index in [1.807, 2.05) is 53.7 Å². The van der Waals surface area contributed by atoms with Gasteiger partial charge in [-0.1, -0.05) is 79.3 Å². The molecule has 0 spiro atoms. The zero-order valence-corrected chi connectivity index (χ0v) is 21.5. The fourth-order valence-corrected chi connectivity index (χ4v) is 7.69. The molecule has 0 amide bonds. The van der Waals surface area contributed by atoms with Crippen LogP contribution in [0.5, 0.6) is 0 Å². The Bertz CT molecular complexity index is 733. The molecule has 0 aliphatic rings. The number of esters is 1. The van der Waals surface area contributed by atoms with Crippen LogP contribution >= 0.6 is 0 Å². The van der Waals surface area contributed by atoms with Crippen LogP contribution in [-0.2, 0) is 29.6 Å². The third kappa shape index (κ3) is 7.61. The fourth-order valence-electron chi connectivity index (χ4n) is 3.73. The lowest BCUT2D eigenvalue weighted by molar-refractivity contribution is -0.141. The molecule has 0 N–H and O–H groups in total. The molecule has 0 aliphatic carbocycles. The van der Waals surface area contributed by atoms with Gasteiger partial charge in [0, 0.05) is 16.7 Å². The van der Waals surface area contributed by atoms with Crippen LogP contribution in [0, 0.1) is 5.92 Å². The number of benzene rings is 1. The van der Waals surface area contributed by atoms with Gasteiger partial charge in [0.1, 0.15) is 6.61 Å². The molecule has 1 aromatic rings. The first-order valence-corrected chi connectivity index (χ1v) is 13.0. The molecule has 1 aromatic carbocycles. The van der Waals surface area contributed by atoms with Gasteiger partial charge in [-0.25, -0.2) is 4.79 Å². The van der Waals surface area contributed by atoms with Crippen molar-refractivity contribution in [3.05, 3.63) is 48.0 Å². The van der Waals surface area contributed by atoms with E-state index >= 15 is 0 Å². The lowest BCUT2D eigenvalue weighted by Crippen LogP contribution is -2.55. The maximum Gasteiger partial charge on any atom is 0.409 e. The second-order valence-electron chi connectivity index (χ2n) is 9.77. The van der Waals surface area contributed by atoms with Crippen LogP contribution < -0.4 is 0 Å². The molecule has 1 rings (SSSR count). The number of carbonyl (C=O) groups is 2. The second kappa shape index (κ2) is 11.6. The van der Waals surface area contributed by atoms with Gasteiger partial charge in [0.05, 0.1) is 12.5 Å². The van der Waals surface area contributed by atoms with Crippen LogP contribution in [0.15, 0.2) is 36.9 Å². The predicted octanol–water partition coefficient (Wildman–Crippen LogP) is 5.93. The van der Waals surface area contributed by atoms with Crippen molar-refractivity contribution in [2.75, 3.05) is 13.2 Å². The summed E-state index contributed by atoms with van der Waals surface area (Å²) in [5.74, 6) is -0.596. The number of rotatable bonds is 11. The third-order valence-electron chi connectivity index (χ3n) is 5.35. The standard InChI is InChI=1S/C25H40O5Si/c1-10-23(26)28-15-16-29-31(19(4)5,25(7,8)9)30-24(27)20(6)22-13-11-21(12-14-22)17-18(2)3/h10-14,18-20H,1,15-17H2,2-9H3. The minimum absolute atomic E-state index is 0.0205. The normalized spacial score (nSPS) is 14.8. The number of carbonyl (C=O) groups excluding carboxylic acids is 2. The van der Waals surface area contributed by atoms with Gasteiger partial charge in [-0.3, -0.25) is 4.79 Å². The van der Waals surface area contributed by atoms with Crippen LogP contribution in [0.2, 0.25) is 10.6 Å². The van der Waals surface area contributed by atoms with E-state index in [0.29, 0.717) is 5.92 Å². The third-order valence-corrected chi connectivity index (χ3v) is 10.1. The van der Waals surface area contributed by atoms with Crippen molar-refractivity contribution in [1.82, 2.24) is 0 Å². The van der Waals surface area contributed by atoms with E-state index in [1.54, 1.807) is 0 Å². The van der Waals surface area contributed by atoms with Crippen LogP contribution in [0.1, 0.15) is 72.4 Å². The molecule has 0 aliphatic heterocycles. The first kappa shape index (κ1) is 27.1. The minimum Gasteiger partial charge on any atom is -0.493 e. The van der Waals surface area contributed by atoms with E-state index in [0.717, 1.165) is 18.1 Å². The van der Waals surface area contributed by atoms with Gasteiger partial charge in [-0.15, -0.1) is 0 Å². The van der Waals surface area contributed by atoms with Crippen molar-refractivity contribution in [3.63, 3.8) is 0 Å². The Morgan fingerprint density at radius 2 is 1.61 bits per heavy atom. The van der Waals surface area contributed by atoms with E-state index in [9.17, 15) is 9.59 Å². The molecule has 174 valence electrons. The van der Waals surface area contributed by atoms with Gasteiger partial charge in [0.2, 0.25) is 0 Å². The van der Waals surface area contributed by atoms with E-state index in [4.69, 9.17) is 13.6 Å². The van der Waals surface area contributed by atoms with Crippen LogP contribution in [-0.4, -0.2) is 33.7 Å². The Balaban J connectivity index is 3.00. The molecule has 0 fully saturated rings. The Morgan fingerprint density at radius 1 is 1.03 bits per heavy atom. The average molecular weight is 449 g/mol. The molecule has 0 saturated carbocycles. The SMILES string of the molecule is C=CC(=O)OCCO[Si](OC(=O)C(C)c1ccc(CC(C)C)cc1)(C(C)C)C(C)(C)C. The lowest BCUT2D eigenvalue weighted by Gasteiger charge is -2.43. The molecule has 2 atom stereocenters. The molecular formula is C25H40O5Si. The molecule has 31 heavy (non-hydrogen) atoms. The lowest BCUT2D eigenvalue weighted by atomic mass is 9.97. The van der Waals surface area contributed by atoms with Gasteiger partial charge in [0.15, 0.2) is 0 Å². The van der Waals surface area contributed by atoms with Crippen LogP contribution in [0.25, 0.3) is 0 Å². The summed E-state index contributed by atoms with van der Waals surface area (Å²) in [5, 5.41) is -0.361. The highest BCUT2D eigenvalue weighted by molar-refractivity contribution is 6.73. The van der Waals surface area contributed by atoms with E-state index < -0.39 is 20.4 Å². The van der Waals surface area contributed by atoms with Crippen LogP contribution in [0.4, 0.5) is 0 Å². The van der Waals surface area contributed by atoms with Crippen molar-refractivity contribution >= 4 is 20.5 Å². The molecule has 6 heteroatoms. The first-order valence-electron chi connectivity index (χ1n) is 11.1. The van der Waals surface area contributed by atoms with E-state index in [1.165, 1.54) is 5.56 Å². The smallest absolute Gasteiger partial charge is 0.409 e. The zero-order valence-electron chi connectivity index (χ0n) is 20.5. The van der Waals surface area contributed by atoms with Gasteiger partial charge in [0.25, 0.3) is 0 Å². The zero-order chi connectivity index (χ0) is 23.8. The molecule has 0 aromatic heterocycles. The summed E-state index contributed by atoms with van der Waals surface area (Å²) >= 11 is 0. The molecule has 0 saturated heterocycles. The highest BCUT2D eigenvalue weighted by Crippen LogP contribution is 2.45. The quantitative estimate of drug-likeness (QED) is 0.182.